The molecule has 0 unspecified atom stereocenters. The number of benzene rings is 2. The van der Waals surface area contributed by atoms with Gasteiger partial charge in [0, 0.05) is 11.3 Å². The van der Waals surface area contributed by atoms with E-state index in [1.807, 2.05) is 31.2 Å². The van der Waals surface area contributed by atoms with Gasteiger partial charge in [-0.15, -0.1) is 0 Å². The molecule has 2 aromatic rings. The number of aromatic hydroxyl groups is 1. The maximum Gasteiger partial charge on any atom is 0.316 e. The van der Waals surface area contributed by atoms with Gasteiger partial charge in [-0.25, -0.2) is 0 Å². The van der Waals surface area contributed by atoms with Crippen molar-refractivity contribution < 1.29 is 24.2 Å². The fourth-order valence-electron chi connectivity index (χ4n) is 4.26. The van der Waals surface area contributed by atoms with E-state index in [0.717, 1.165) is 22.6 Å². The number of hydrogen-bond acceptors (Lipinski definition) is 7. The molecule has 0 bridgehead atoms. The zero-order chi connectivity index (χ0) is 21.4. The number of carbonyl (C=O) groups excluding carboxylic acids is 2. The van der Waals surface area contributed by atoms with E-state index in [2.05, 4.69) is 10.6 Å². The van der Waals surface area contributed by atoms with Gasteiger partial charge in [-0.05, 0) is 42.2 Å². The highest BCUT2D eigenvalue weighted by molar-refractivity contribution is 6.11. The molecule has 0 saturated heterocycles. The summed E-state index contributed by atoms with van der Waals surface area (Å²) in [5, 5.41) is 16.9. The lowest BCUT2D eigenvalue weighted by Gasteiger charge is -2.32. The van der Waals surface area contributed by atoms with Crippen LogP contribution in [0.3, 0.4) is 0 Å². The number of phenols is 1. The molecule has 0 saturated carbocycles. The van der Waals surface area contributed by atoms with E-state index >= 15 is 0 Å². The Morgan fingerprint density at radius 2 is 1.87 bits per heavy atom. The molecule has 0 radical (unpaired) electrons. The highest BCUT2D eigenvalue weighted by Gasteiger charge is 2.44. The van der Waals surface area contributed by atoms with Gasteiger partial charge in [0.25, 0.3) is 0 Å². The molecule has 1 aliphatic heterocycles. The lowest BCUT2D eigenvalue weighted by molar-refractivity contribution is -0.151. The third-order valence-corrected chi connectivity index (χ3v) is 5.76. The van der Waals surface area contributed by atoms with Gasteiger partial charge in [0.05, 0.1) is 31.6 Å². The Morgan fingerprint density at radius 1 is 1.13 bits per heavy atom. The number of nitrogens with one attached hydrogen (secondary N) is 2. The van der Waals surface area contributed by atoms with Gasteiger partial charge in [-0.3, -0.25) is 9.59 Å². The van der Waals surface area contributed by atoms with E-state index in [1.165, 1.54) is 20.3 Å². The summed E-state index contributed by atoms with van der Waals surface area (Å²) < 4.78 is 10.2. The standard InChI is InChI=1S/C23H24N2O5/c1-12-10-16-20(22(27)19(12)23(28)30-3)21(13-8-9-17(26)18(11-13)29-2)25-15-7-5-4-6-14(15)24-16/h4-9,11-12,19,21,24-26H,10H2,1-3H3/t12-,19-,21+/m1/s1. The second-order valence-corrected chi connectivity index (χ2v) is 7.62. The molecule has 1 heterocycles. The average Bonchev–Trinajstić information content (AvgIpc) is 2.90. The number of methoxy groups -OCH3 is 2. The van der Waals surface area contributed by atoms with Crippen LogP contribution in [0.2, 0.25) is 0 Å². The topological polar surface area (TPSA) is 96.9 Å². The van der Waals surface area contributed by atoms with Crippen LogP contribution >= 0.6 is 0 Å². The van der Waals surface area contributed by atoms with Crippen LogP contribution in [-0.4, -0.2) is 31.1 Å². The minimum absolute atomic E-state index is 0.0126. The molecule has 3 atom stereocenters. The van der Waals surface area contributed by atoms with Crippen molar-refractivity contribution in [2.45, 2.75) is 19.4 Å². The van der Waals surface area contributed by atoms with Crippen LogP contribution in [0.5, 0.6) is 11.5 Å². The van der Waals surface area contributed by atoms with Crippen LogP contribution in [0, 0.1) is 11.8 Å². The Bertz CT molecular complexity index is 1050. The quantitative estimate of drug-likeness (QED) is 0.527. The monoisotopic (exact) mass is 408 g/mol. The number of allylic oxidation sites excluding steroid dienone is 1. The van der Waals surface area contributed by atoms with Crippen molar-refractivity contribution in [1.29, 1.82) is 0 Å². The SMILES string of the molecule is COC(=O)[C@H]1C(=O)C2=C(C[C@H]1C)Nc1ccccc1N[C@H]2c1ccc(O)c(OC)c1. The number of phenolic OH excluding ortho intramolecular Hbond substituents is 1. The number of anilines is 2. The number of Topliss-reactive ketones (excluding diaryl/α,β-unsaturated/α-hetero) is 1. The fourth-order valence-corrected chi connectivity index (χ4v) is 4.26. The lowest BCUT2D eigenvalue weighted by Crippen LogP contribution is -2.39. The molecule has 3 N–H and O–H groups in total. The number of esters is 1. The molecule has 2 aliphatic rings. The van der Waals surface area contributed by atoms with Crippen molar-refractivity contribution >= 4 is 23.1 Å². The van der Waals surface area contributed by atoms with Crippen molar-refractivity contribution in [3.8, 4) is 11.5 Å². The maximum atomic E-state index is 13.6. The van der Waals surface area contributed by atoms with Gasteiger partial charge in [0.15, 0.2) is 17.3 Å². The predicted molar refractivity (Wildman–Crippen MR) is 112 cm³/mol. The van der Waals surface area contributed by atoms with Crippen molar-refractivity contribution in [2.24, 2.45) is 11.8 Å². The molecule has 156 valence electrons. The molecule has 0 aromatic heterocycles. The minimum Gasteiger partial charge on any atom is -0.504 e. The molecular formula is C23H24N2O5. The molecular weight excluding hydrogens is 384 g/mol. The second kappa shape index (κ2) is 7.74. The molecule has 4 rings (SSSR count). The van der Waals surface area contributed by atoms with E-state index in [4.69, 9.17) is 9.47 Å². The highest BCUT2D eigenvalue weighted by atomic mass is 16.5. The molecule has 0 fully saturated rings. The van der Waals surface area contributed by atoms with Crippen LogP contribution in [-0.2, 0) is 14.3 Å². The lowest BCUT2D eigenvalue weighted by atomic mass is 9.75. The number of para-hydroxylation sites is 2. The zero-order valence-corrected chi connectivity index (χ0v) is 17.1. The normalized spacial score (nSPS) is 22.8. The summed E-state index contributed by atoms with van der Waals surface area (Å²) in [5.41, 5.74) is 3.70. The van der Waals surface area contributed by atoms with E-state index in [0.29, 0.717) is 17.7 Å². The first-order valence-corrected chi connectivity index (χ1v) is 9.79. The first-order chi connectivity index (χ1) is 14.4. The Morgan fingerprint density at radius 3 is 2.57 bits per heavy atom. The van der Waals surface area contributed by atoms with Crippen LogP contribution in [0.25, 0.3) is 0 Å². The zero-order valence-electron chi connectivity index (χ0n) is 17.1. The summed E-state index contributed by atoms with van der Waals surface area (Å²) in [5.74, 6) is -1.53. The number of hydrogen-bond donors (Lipinski definition) is 3. The van der Waals surface area contributed by atoms with E-state index < -0.39 is 17.9 Å². The van der Waals surface area contributed by atoms with Gasteiger partial charge in [-0.1, -0.05) is 25.1 Å². The van der Waals surface area contributed by atoms with Crippen molar-refractivity contribution in [1.82, 2.24) is 0 Å². The van der Waals surface area contributed by atoms with Gasteiger partial charge in [0.2, 0.25) is 0 Å². The van der Waals surface area contributed by atoms with Crippen LogP contribution in [0.15, 0.2) is 53.7 Å². The fraction of sp³-hybridized carbons (Fsp3) is 0.304. The van der Waals surface area contributed by atoms with E-state index in [9.17, 15) is 14.7 Å². The highest BCUT2D eigenvalue weighted by Crippen LogP contribution is 2.44. The Hall–Kier alpha value is -3.48. The summed E-state index contributed by atoms with van der Waals surface area (Å²) in [7, 11) is 2.77. The van der Waals surface area contributed by atoms with Gasteiger partial charge >= 0.3 is 5.97 Å². The number of fused-ring (bicyclic) bond motifs is 1. The number of ether oxygens (including phenoxy) is 2. The molecule has 30 heavy (non-hydrogen) atoms. The maximum absolute atomic E-state index is 13.6. The summed E-state index contributed by atoms with van der Waals surface area (Å²) in [6.45, 7) is 1.88. The van der Waals surface area contributed by atoms with Crippen LogP contribution < -0.4 is 15.4 Å². The van der Waals surface area contributed by atoms with E-state index in [-0.39, 0.29) is 17.5 Å². The molecule has 1 aliphatic carbocycles. The van der Waals surface area contributed by atoms with Gasteiger partial charge < -0.3 is 25.2 Å². The first-order valence-electron chi connectivity index (χ1n) is 9.79. The molecule has 2 aromatic carbocycles. The van der Waals surface area contributed by atoms with Crippen LogP contribution in [0.1, 0.15) is 24.9 Å². The third-order valence-electron chi connectivity index (χ3n) is 5.76. The largest absolute Gasteiger partial charge is 0.504 e. The summed E-state index contributed by atoms with van der Waals surface area (Å²) in [6.07, 6.45) is 0.530. The van der Waals surface area contributed by atoms with Crippen molar-refractivity contribution in [3.05, 3.63) is 59.3 Å². The number of rotatable bonds is 3. The minimum atomic E-state index is -0.861. The second-order valence-electron chi connectivity index (χ2n) is 7.62. The smallest absolute Gasteiger partial charge is 0.316 e. The molecule has 0 spiro atoms. The summed E-state index contributed by atoms with van der Waals surface area (Å²) in [6, 6.07) is 12.1. The first kappa shape index (κ1) is 19.8. The van der Waals surface area contributed by atoms with Crippen molar-refractivity contribution in [2.75, 3.05) is 24.9 Å². The van der Waals surface area contributed by atoms with Crippen molar-refractivity contribution in [3.63, 3.8) is 0 Å². The third kappa shape index (κ3) is 3.26. The summed E-state index contributed by atoms with van der Waals surface area (Å²) in [4.78, 5) is 26.0. The van der Waals surface area contributed by atoms with Gasteiger partial charge in [0.1, 0.15) is 5.92 Å². The van der Waals surface area contributed by atoms with Crippen LogP contribution in [0.4, 0.5) is 11.4 Å². The number of carbonyl (C=O) groups is 2. The predicted octanol–water partition coefficient (Wildman–Crippen LogP) is 3.63. The average molecular weight is 408 g/mol. The summed E-state index contributed by atoms with van der Waals surface area (Å²) >= 11 is 0. The molecule has 7 nitrogen and oxygen atoms in total. The molecule has 7 heteroatoms. The van der Waals surface area contributed by atoms with E-state index in [1.54, 1.807) is 12.1 Å². The Kier molecular flexibility index (Phi) is 5.11. The van der Waals surface area contributed by atoms with Gasteiger partial charge in [-0.2, -0.15) is 0 Å². The Balaban J connectivity index is 1.89. The molecule has 0 amide bonds. The Labute approximate surface area is 174 Å². The number of ketones is 1.